The van der Waals surface area contributed by atoms with Crippen LogP contribution in [0, 0.1) is 6.92 Å². The van der Waals surface area contributed by atoms with Crippen molar-refractivity contribution < 1.29 is 23.1 Å². The summed E-state index contributed by atoms with van der Waals surface area (Å²) in [5, 5.41) is 12.8. The van der Waals surface area contributed by atoms with E-state index in [1.807, 2.05) is 25.1 Å². The lowest BCUT2D eigenvalue weighted by molar-refractivity contribution is -0.139. The normalized spacial score (nSPS) is 12.3. The fourth-order valence-electron chi connectivity index (χ4n) is 3.11. The van der Waals surface area contributed by atoms with E-state index in [9.17, 15) is 23.1 Å². The number of carboxylic acids is 1. The van der Waals surface area contributed by atoms with E-state index in [1.165, 1.54) is 23.5 Å². The van der Waals surface area contributed by atoms with Crippen LogP contribution in [-0.4, -0.2) is 38.0 Å². The number of thiophene rings is 1. The van der Waals surface area contributed by atoms with Gasteiger partial charge in [-0.05, 0) is 67.3 Å². The van der Waals surface area contributed by atoms with Crippen molar-refractivity contribution in [3.63, 3.8) is 0 Å². The number of amides is 1. The fraction of sp³-hybridized carbons (Fsp3) is 0.217. The number of hydrogen-bond donors (Lipinski definition) is 3. The number of sulfonamides is 1. The fourth-order valence-corrected chi connectivity index (χ4v) is 5.24. The van der Waals surface area contributed by atoms with Crippen molar-refractivity contribution in [2.75, 3.05) is 6.54 Å². The van der Waals surface area contributed by atoms with Crippen LogP contribution < -0.4 is 10.0 Å². The van der Waals surface area contributed by atoms with Gasteiger partial charge < -0.3 is 10.4 Å². The van der Waals surface area contributed by atoms with Crippen LogP contribution in [-0.2, 0) is 14.8 Å². The number of carboxylic acid groups (broad SMARTS) is 1. The second kappa shape index (κ2) is 10.9. The minimum atomic E-state index is -4.04. The van der Waals surface area contributed by atoms with Crippen LogP contribution in [0.4, 0.5) is 0 Å². The highest BCUT2D eigenvalue weighted by Gasteiger charge is 2.25. The minimum Gasteiger partial charge on any atom is -0.480 e. The van der Waals surface area contributed by atoms with Gasteiger partial charge in [-0.3, -0.25) is 9.59 Å². The molecule has 1 heterocycles. The Morgan fingerprint density at radius 2 is 1.61 bits per heavy atom. The topological polar surface area (TPSA) is 113 Å². The highest BCUT2D eigenvalue weighted by atomic mass is 35.5. The lowest BCUT2D eigenvalue weighted by atomic mass is 10.1. The zero-order chi connectivity index (χ0) is 24.0. The van der Waals surface area contributed by atoms with Gasteiger partial charge in [0.25, 0.3) is 5.91 Å². The third kappa shape index (κ3) is 6.88. The average molecular weight is 507 g/mol. The van der Waals surface area contributed by atoms with Crippen LogP contribution >= 0.6 is 22.9 Å². The van der Waals surface area contributed by atoms with E-state index in [-0.39, 0.29) is 23.8 Å². The van der Waals surface area contributed by atoms with Gasteiger partial charge in [-0.25, -0.2) is 8.42 Å². The van der Waals surface area contributed by atoms with E-state index in [2.05, 4.69) is 10.0 Å². The summed E-state index contributed by atoms with van der Waals surface area (Å²) in [4.78, 5) is 25.2. The molecule has 0 saturated carbocycles. The molecule has 3 rings (SSSR count). The van der Waals surface area contributed by atoms with Gasteiger partial charge in [0.2, 0.25) is 10.0 Å². The minimum absolute atomic E-state index is 0.0289. The van der Waals surface area contributed by atoms with E-state index >= 15 is 0 Å². The summed E-state index contributed by atoms with van der Waals surface area (Å²) in [7, 11) is -4.04. The number of halogens is 1. The van der Waals surface area contributed by atoms with Crippen molar-refractivity contribution in [3.05, 3.63) is 75.4 Å². The maximum Gasteiger partial charge on any atom is 0.321 e. The first-order valence-corrected chi connectivity index (χ1v) is 12.8. The average Bonchev–Trinajstić information content (AvgIpc) is 3.22. The molecule has 0 aliphatic carbocycles. The molecule has 1 aromatic heterocycles. The quantitative estimate of drug-likeness (QED) is 0.354. The van der Waals surface area contributed by atoms with Crippen LogP contribution in [0.3, 0.4) is 0 Å². The molecule has 2 aromatic carbocycles. The van der Waals surface area contributed by atoms with Gasteiger partial charge >= 0.3 is 5.97 Å². The van der Waals surface area contributed by atoms with Crippen LogP contribution in [0.15, 0.2) is 65.6 Å². The van der Waals surface area contributed by atoms with Crippen LogP contribution in [0.25, 0.3) is 11.1 Å². The van der Waals surface area contributed by atoms with E-state index in [1.54, 1.807) is 30.3 Å². The molecule has 1 amide bonds. The monoisotopic (exact) mass is 506 g/mol. The molecule has 1 unspecified atom stereocenters. The zero-order valence-electron chi connectivity index (χ0n) is 17.7. The number of aliphatic carboxylic acids is 1. The molecule has 0 aliphatic heterocycles. The predicted molar refractivity (Wildman–Crippen MR) is 129 cm³/mol. The van der Waals surface area contributed by atoms with E-state index in [4.69, 9.17) is 11.6 Å². The highest BCUT2D eigenvalue weighted by Crippen LogP contribution is 2.23. The number of aryl methyl sites for hydroxylation is 1. The number of carbonyl (C=O) groups is 2. The molecular formula is C23H23ClN2O5S2. The van der Waals surface area contributed by atoms with Crippen molar-refractivity contribution in [3.8, 4) is 11.1 Å². The zero-order valence-corrected chi connectivity index (χ0v) is 20.1. The van der Waals surface area contributed by atoms with Gasteiger partial charge in [0.15, 0.2) is 0 Å². The molecule has 3 N–H and O–H groups in total. The van der Waals surface area contributed by atoms with Crippen molar-refractivity contribution >= 4 is 44.8 Å². The van der Waals surface area contributed by atoms with E-state index in [0.717, 1.165) is 16.0 Å². The molecule has 0 spiro atoms. The molecule has 174 valence electrons. The molecule has 33 heavy (non-hydrogen) atoms. The second-order valence-corrected chi connectivity index (χ2v) is 10.8. The third-order valence-corrected chi connectivity index (χ3v) is 7.60. The summed E-state index contributed by atoms with van der Waals surface area (Å²) >= 11 is 7.26. The molecule has 1 atom stereocenters. The predicted octanol–water partition coefficient (Wildman–Crippen LogP) is 4.32. The second-order valence-electron chi connectivity index (χ2n) is 7.35. The van der Waals surface area contributed by atoms with Crippen molar-refractivity contribution in [2.45, 2.75) is 30.7 Å². The number of carbonyl (C=O) groups excluding carboxylic acids is 1. The Kier molecular flexibility index (Phi) is 8.25. The van der Waals surface area contributed by atoms with Gasteiger partial charge in [-0.2, -0.15) is 4.72 Å². The maximum absolute atomic E-state index is 12.7. The Balaban J connectivity index is 1.58. The first-order valence-electron chi connectivity index (χ1n) is 10.1. The molecular weight excluding hydrogens is 484 g/mol. The van der Waals surface area contributed by atoms with E-state index in [0.29, 0.717) is 16.3 Å². The number of rotatable bonds is 10. The summed E-state index contributed by atoms with van der Waals surface area (Å²) in [6, 6.07) is 15.5. The lowest BCUT2D eigenvalue weighted by Crippen LogP contribution is -2.41. The summed E-state index contributed by atoms with van der Waals surface area (Å²) in [5.41, 5.74) is 1.68. The molecule has 3 aromatic rings. The van der Waals surface area contributed by atoms with Crippen molar-refractivity contribution in [2.24, 2.45) is 0 Å². The Hall–Kier alpha value is -2.72. The molecule has 7 nitrogen and oxygen atoms in total. The summed E-state index contributed by atoms with van der Waals surface area (Å²) in [6.07, 6.45) is 0.326. The Bertz CT molecular complexity index is 1220. The summed E-state index contributed by atoms with van der Waals surface area (Å²) in [5.74, 6) is -1.52. The summed E-state index contributed by atoms with van der Waals surface area (Å²) in [6.45, 7) is 2.13. The number of hydrogen-bond acceptors (Lipinski definition) is 5. The van der Waals surface area contributed by atoms with Gasteiger partial charge in [0.05, 0.1) is 9.77 Å². The van der Waals surface area contributed by atoms with Crippen molar-refractivity contribution in [1.29, 1.82) is 0 Å². The van der Waals surface area contributed by atoms with Crippen molar-refractivity contribution in [1.82, 2.24) is 10.0 Å². The van der Waals surface area contributed by atoms with Gasteiger partial charge in [0, 0.05) is 16.4 Å². The van der Waals surface area contributed by atoms with Crippen LogP contribution in [0.1, 0.15) is 27.4 Å². The Morgan fingerprint density at radius 3 is 2.15 bits per heavy atom. The lowest BCUT2D eigenvalue weighted by Gasteiger charge is -2.15. The molecule has 10 heteroatoms. The SMILES string of the molecule is Cc1ccc(C(=O)NCCCC(NS(=O)(=O)c2ccc(-c3ccc(Cl)cc3)cc2)C(=O)O)s1. The molecule has 0 aliphatic rings. The van der Waals surface area contributed by atoms with Gasteiger partial charge in [-0.1, -0.05) is 35.9 Å². The molecule has 0 bridgehead atoms. The molecule has 0 fully saturated rings. The maximum atomic E-state index is 12.7. The number of nitrogens with one attached hydrogen (secondary N) is 2. The largest absolute Gasteiger partial charge is 0.480 e. The van der Waals surface area contributed by atoms with E-state index < -0.39 is 22.0 Å². The standard InChI is InChI=1S/C23H23ClN2O5S2/c1-15-4-13-21(32-15)22(27)25-14-2-3-20(23(28)29)26-33(30,31)19-11-7-17(8-12-19)16-5-9-18(24)10-6-16/h4-13,20,26H,2-3,14H2,1H3,(H,25,27)(H,28,29). The molecule has 0 radical (unpaired) electrons. The smallest absolute Gasteiger partial charge is 0.321 e. The van der Waals surface area contributed by atoms with Crippen LogP contribution in [0.2, 0.25) is 5.02 Å². The Morgan fingerprint density at radius 1 is 1.00 bits per heavy atom. The summed E-state index contributed by atoms with van der Waals surface area (Å²) < 4.78 is 27.7. The highest BCUT2D eigenvalue weighted by molar-refractivity contribution is 7.89. The first-order chi connectivity index (χ1) is 15.7. The third-order valence-electron chi connectivity index (χ3n) is 4.86. The first kappa shape index (κ1) is 24.9. The number of benzene rings is 2. The Labute approximate surface area is 201 Å². The molecule has 0 saturated heterocycles. The van der Waals surface area contributed by atoms with Gasteiger partial charge in [0.1, 0.15) is 6.04 Å². The van der Waals surface area contributed by atoms with Crippen LogP contribution in [0.5, 0.6) is 0 Å². The van der Waals surface area contributed by atoms with Gasteiger partial charge in [-0.15, -0.1) is 11.3 Å².